The number of likely N-dealkylation sites (N-methyl/N-ethyl adjacent to an activating group) is 1. The minimum absolute atomic E-state index is 0.0307. The van der Waals surface area contributed by atoms with E-state index in [4.69, 9.17) is 14.2 Å². The van der Waals surface area contributed by atoms with Gasteiger partial charge < -0.3 is 19.1 Å². The highest BCUT2D eigenvalue weighted by Crippen LogP contribution is 2.40. The Labute approximate surface area is 126 Å². The van der Waals surface area contributed by atoms with E-state index >= 15 is 0 Å². The van der Waals surface area contributed by atoms with E-state index in [1.165, 1.54) is 6.08 Å². The van der Waals surface area contributed by atoms with E-state index in [2.05, 4.69) is 0 Å². The maximum Gasteiger partial charge on any atom is 0.246 e. The Bertz CT molecular complexity index is 507. The van der Waals surface area contributed by atoms with Gasteiger partial charge in [0.05, 0.1) is 21.3 Å². The Balaban J connectivity index is 3.11. The number of amides is 1. The highest BCUT2D eigenvalue weighted by Gasteiger charge is 2.14. The molecule has 0 bridgehead atoms. The van der Waals surface area contributed by atoms with Crippen LogP contribution in [0.15, 0.2) is 18.2 Å². The Morgan fingerprint density at radius 3 is 2.14 bits per heavy atom. The van der Waals surface area contributed by atoms with Crippen LogP contribution in [0.3, 0.4) is 0 Å². The SMILES string of the molecule is CCN(CC)C(=O)/C=C/c1ccc(OC)c(OC)c1OC. The summed E-state index contributed by atoms with van der Waals surface area (Å²) in [7, 11) is 4.67. The molecule has 0 aromatic heterocycles. The van der Waals surface area contributed by atoms with Crippen LogP contribution < -0.4 is 14.2 Å². The molecule has 0 saturated heterocycles. The quantitative estimate of drug-likeness (QED) is 0.725. The van der Waals surface area contributed by atoms with Crippen molar-refractivity contribution < 1.29 is 19.0 Å². The van der Waals surface area contributed by atoms with Crippen molar-refractivity contribution in [3.05, 3.63) is 23.8 Å². The fourth-order valence-electron chi connectivity index (χ4n) is 2.06. The fourth-order valence-corrected chi connectivity index (χ4v) is 2.06. The number of methoxy groups -OCH3 is 3. The normalized spacial score (nSPS) is 10.5. The van der Waals surface area contributed by atoms with Crippen LogP contribution >= 0.6 is 0 Å². The molecule has 0 aliphatic heterocycles. The summed E-state index contributed by atoms with van der Waals surface area (Å²) in [4.78, 5) is 13.7. The molecule has 0 atom stereocenters. The van der Waals surface area contributed by atoms with Crippen LogP contribution in [-0.2, 0) is 4.79 Å². The number of benzene rings is 1. The molecule has 21 heavy (non-hydrogen) atoms. The van der Waals surface area contributed by atoms with Crippen LogP contribution in [0.25, 0.3) is 6.08 Å². The lowest BCUT2D eigenvalue weighted by Crippen LogP contribution is -2.28. The van der Waals surface area contributed by atoms with Crippen LogP contribution in [0.4, 0.5) is 0 Å². The van der Waals surface area contributed by atoms with Crippen molar-refractivity contribution in [3.8, 4) is 17.2 Å². The van der Waals surface area contributed by atoms with Crippen LogP contribution in [0, 0.1) is 0 Å². The van der Waals surface area contributed by atoms with Gasteiger partial charge in [0.15, 0.2) is 11.5 Å². The van der Waals surface area contributed by atoms with Crippen molar-refractivity contribution in [2.45, 2.75) is 13.8 Å². The molecule has 0 spiro atoms. The van der Waals surface area contributed by atoms with Crippen molar-refractivity contribution in [1.82, 2.24) is 4.90 Å². The number of hydrogen-bond acceptors (Lipinski definition) is 4. The molecule has 0 aliphatic carbocycles. The Kier molecular flexibility index (Phi) is 6.59. The van der Waals surface area contributed by atoms with Crippen molar-refractivity contribution >= 4 is 12.0 Å². The summed E-state index contributed by atoms with van der Waals surface area (Å²) >= 11 is 0. The van der Waals surface area contributed by atoms with Gasteiger partial charge in [-0.15, -0.1) is 0 Å². The van der Waals surface area contributed by atoms with Gasteiger partial charge in [0.1, 0.15) is 0 Å². The summed E-state index contributed by atoms with van der Waals surface area (Å²) in [5, 5.41) is 0. The minimum Gasteiger partial charge on any atom is -0.493 e. The van der Waals surface area contributed by atoms with E-state index in [0.717, 1.165) is 5.56 Å². The zero-order valence-electron chi connectivity index (χ0n) is 13.3. The van der Waals surface area contributed by atoms with Gasteiger partial charge in [-0.2, -0.15) is 0 Å². The molecule has 5 nitrogen and oxygen atoms in total. The molecule has 0 saturated carbocycles. The first-order valence-electron chi connectivity index (χ1n) is 6.88. The predicted molar refractivity (Wildman–Crippen MR) is 83.1 cm³/mol. The third kappa shape index (κ3) is 3.90. The van der Waals surface area contributed by atoms with Crippen molar-refractivity contribution in [2.75, 3.05) is 34.4 Å². The van der Waals surface area contributed by atoms with Crippen LogP contribution in [0.5, 0.6) is 17.2 Å². The average molecular weight is 293 g/mol. The maximum absolute atomic E-state index is 12.0. The van der Waals surface area contributed by atoms with Gasteiger partial charge in [-0.05, 0) is 32.1 Å². The number of carbonyl (C=O) groups is 1. The van der Waals surface area contributed by atoms with E-state index in [1.54, 1.807) is 38.4 Å². The van der Waals surface area contributed by atoms with Crippen LogP contribution in [0.1, 0.15) is 19.4 Å². The monoisotopic (exact) mass is 293 g/mol. The highest BCUT2D eigenvalue weighted by atomic mass is 16.5. The summed E-state index contributed by atoms with van der Waals surface area (Å²) in [5.41, 5.74) is 0.760. The van der Waals surface area contributed by atoms with Gasteiger partial charge in [0.25, 0.3) is 0 Å². The molecular formula is C16H23NO4. The second-order valence-electron chi connectivity index (χ2n) is 4.27. The van der Waals surface area contributed by atoms with Crippen LogP contribution in [0.2, 0.25) is 0 Å². The lowest BCUT2D eigenvalue weighted by molar-refractivity contribution is -0.125. The molecule has 5 heteroatoms. The molecule has 116 valence electrons. The Morgan fingerprint density at radius 1 is 1.05 bits per heavy atom. The summed E-state index contributed by atoms with van der Waals surface area (Å²) < 4.78 is 15.9. The maximum atomic E-state index is 12.0. The summed E-state index contributed by atoms with van der Waals surface area (Å²) in [6.07, 6.45) is 3.26. The molecule has 1 aromatic rings. The molecule has 0 heterocycles. The van der Waals surface area contributed by atoms with Crippen LogP contribution in [-0.4, -0.2) is 45.2 Å². The van der Waals surface area contributed by atoms with E-state index in [1.807, 2.05) is 19.9 Å². The third-order valence-electron chi connectivity index (χ3n) is 3.22. The van der Waals surface area contributed by atoms with Crippen molar-refractivity contribution in [1.29, 1.82) is 0 Å². The molecule has 0 unspecified atom stereocenters. The second kappa shape index (κ2) is 8.19. The van der Waals surface area contributed by atoms with Crippen molar-refractivity contribution in [2.24, 2.45) is 0 Å². The average Bonchev–Trinajstić information content (AvgIpc) is 2.52. The molecule has 0 aliphatic rings. The zero-order valence-corrected chi connectivity index (χ0v) is 13.3. The largest absolute Gasteiger partial charge is 0.493 e. The smallest absolute Gasteiger partial charge is 0.246 e. The molecule has 0 radical (unpaired) electrons. The van der Waals surface area contributed by atoms with E-state index in [0.29, 0.717) is 30.3 Å². The van der Waals surface area contributed by atoms with E-state index in [-0.39, 0.29) is 5.91 Å². The molecule has 1 rings (SSSR count). The summed E-state index contributed by atoms with van der Waals surface area (Å²) in [5.74, 6) is 1.61. The molecule has 1 amide bonds. The number of hydrogen-bond donors (Lipinski definition) is 0. The fraction of sp³-hybridized carbons (Fsp3) is 0.438. The number of carbonyl (C=O) groups excluding carboxylic acids is 1. The zero-order chi connectivity index (χ0) is 15.8. The summed E-state index contributed by atoms with van der Waals surface area (Å²) in [6, 6.07) is 3.61. The molecule has 0 N–H and O–H groups in total. The topological polar surface area (TPSA) is 48.0 Å². The van der Waals surface area contributed by atoms with Gasteiger partial charge in [-0.3, -0.25) is 4.79 Å². The molecule has 0 fully saturated rings. The first-order chi connectivity index (χ1) is 10.1. The lowest BCUT2D eigenvalue weighted by atomic mass is 10.1. The molecular weight excluding hydrogens is 270 g/mol. The first kappa shape index (κ1) is 16.9. The number of nitrogens with zero attached hydrogens (tertiary/aromatic N) is 1. The highest BCUT2D eigenvalue weighted by molar-refractivity contribution is 5.92. The minimum atomic E-state index is -0.0307. The summed E-state index contributed by atoms with van der Waals surface area (Å²) in [6.45, 7) is 5.27. The molecule has 1 aromatic carbocycles. The number of ether oxygens (including phenoxy) is 3. The Morgan fingerprint density at radius 2 is 1.67 bits per heavy atom. The lowest BCUT2D eigenvalue weighted by Gasteiger charge is -2.16. The van der Waals surface area contributed by atoms with Gasteiger partial charge in [0, 0.05) is 24.7 Å². The van der Waals surface area contributed by atoms with E-state index < -0.39 is 0 Å². The van der Waals surface area contributed by atoms with Gasteiger partial charge in [-0.1, -0.05) is 0 Å². The van der Waals surface area contributed by atoms with Gasteiger partial charge >= 0.3 is 0 Å². The van der Waals surface area contributed by atoms with E-state index in [9.17, 15) is 4.79 Å². The predicted octanol–water partition coefficient (Wildman–Crippen LogP) is 2.59. The van der Waals surface area contributed by atoms with Gasteiger partial charge in [0.2, 0.25) is 11.7 Å². The third-order valence-corrected chi connectivity index (χ3v) is 3.22. The Hall–Kier alpha value is -2.17. The second-order valence-corrected chi connectivity index (χ2v) is 4.27. The van der Waals surface area contributed by atoms with Gasteiger partial charge in [-0.25, -0.2) is 0 Å². The first-order valence-corrected chi connectivity index (χ1v) is 6.88. The van der Waals surface area contributed by atoms with Crippen molar-refractivity contribution in [3.63, 3.8) is 0 Å². The number of rotatable bonds is 7. The standard InChI is InChI=1S/C16H23NO4/c1-6-17(7-2)14(18)11-9-12-8-10-13(19-3)16(21-5)15(12)20-4/h8-11H,6-7H2,1-5H3/b11-9+.